The lowest BCUT2D eigenvalue weighted by atomic mass is 10.2. The monoisotopic (exact) mass is 310 g/mol. The van der Waals surface area contributed by atoms with Gasteiger partial charge in [0.05, 0.1) is 5.56 Å². The SMILES string of the molecule is Cc1ccc(CSc2ccc(F)c(C(=O)O)c2)c(Cl)c1. The Labute approximate surface area is 125 Å². The molecular formula is C15H12ClFO2S. The molecule has 0 saturated carbocycles. The first-order chi connectivity index (χ1) is 9.47. The van der Waals surface area contributed by atoms with Gasteiger partial charge < -0.3 is 5.11 Å². The van der Waals surface area contributed by atoms with Gasteiger partial charge >= 0.3 is 5.97 Å². The Morgan fingerprint density at radius 2 is 2.05 bits per heavy atom. The van der Waals surface area contributed by atoms with Gasteiger partial charge in [0.1, 0.15) is 5.82 Å². The average molecular weight is 311 g/mol. The topological polar surface area (TPSA) is 37.3 Å². The smallest absolute Gasteiger partial charge is 0.338 e. The van der Waals surface area contributed by atoms with Crippen LogP contribution in [0.1, 0.15) is 21.5 Å². The quantitative estimate of drug-likeness (QED) is 0.826. The number of rotatable bonds is 4. The lowest BCUT2D eigenvalue weighted by Gasteiger charge is -2.06. The zero-order valence-corrected chi connectivity index (χ0v) is 12.3. The molecule has 0 unspecified atom stereocenters. The minimum absolute atomic E-state index is 0.315. The van der Waals surface area contributed by atoms with Crippen LogP contribution >= 0.6 is 23.4 Å². The van der Waals surface area contributed by atoms with Crippen molar-refractivity contribution in [3.63, 3.8) is 0 Å². The second-order valence-electron chi connectivity index (χ2n) is 4.33. The molecule has 0 heterocycles. The number of aryl methyl sites for hydroxylation is 1. The van der Waals surface area contributed by atoms with Crippen LogP contribution < -0.4 is 0 Å². The molecule has 20 heavy (non-hydrogen) atoms. The summed E-state index contributed by atoms with van der Waals surface area (Å²) < 4.78 is 13.3. The number of hydrogen-bond donors (Lipinski definition) is 1. The molecule has 104 valence electrons. The van der Waals surface area contributed by atoms with E-state index in [-0.39, 0.29) is 5.56 Å². The maximum absolute atomic E-state index is 13.3. The van der Waals surface area contributed by atoms with Crippen LogP contribution in [-0.2, 0) is 5.75 Å². The summed E-state index contributed by atoms with van der Waals surface area (Å²) in [5.74, 6) is -1.39. The van der Waals surface area contributed by atoms with Crippen molar-refractivity contribution in [1.29, 1.82) is 0 Å². The molecule has 0 atom stereocenters. The summed E-state index contributed by atoms with van der Waals surface area (Å²) in [5, 5.41) is 9.56. The van der Waals surface area contributed by atoms with Crippen molar-refractivity contribution in [3.05, 3.63) is 63.9 Å². The maximum atomic E-state index is 13.3. The van der Waals surface area contributed by atoms with Gasteiger partial charge in [-0.25, -0.2) is 9.18 Å². The molecule has 2 rings (SSSR count). The molecule has 2 nitrogen and oxygen atoms in total. The molecule has 0 aliphatic heterocycles. The summed E-state index contributed by atoms with van der Waals surface area (Å²) in [6, 6.07) is 9.85. The molecule has 0 aliphatic rings. The highest BCUT2D eigenvalue weighted by Gasteiger charge is 2.11. The van der Waals surface area contributed by atoms with Crippen LogP contribution in [0, 0.1) is 12.7 Å². The Bertz CT molecular complexity index is 658. The molecule has 1 N–H and O–H groups in total. The molecule has 0 spiro atoms. The standard InChI is InChI=1S/C15H12ClFO2S/c1-9-2-3-10(13(16)6-9)8-20-11-4-5-14(17)12(7-11)15(18)19/h2-7H,8H2,1H3,(H,18,19). The molecule has 2 aromatic rings. The number of carboxylic acid groups (broad SMARTS) is 1. The summed E-state index contributed by atoms with van der Waals surface area (Å²) in [7, 11) is 0. The van der Waals surface area contributed by atoms with Crippen molar-refractivity contribution in [2.75, 3.05) is 0 Å². The fourth-order valence-electron chi connectivity index (χ4n) is 1.69. The van der Waals surface area contributed by atoms with Gasteiger partial charge in [0.2, 0.25) is 0 Å². The third kappa shape index (κ3) is 3.52. The van der Waals surface area contributed by atoms with Crippen molar-refractivity contribution >= 4 is 29.3 Å². The number of halogens is 2. The number of benzene rings is 2. The van der Waals surface area contributed by atoms with Crippen LogP contribution in [0.2, 0.25) is 5.02 Å². The van der Waals surface area contributed by atoms with E-state index >= 15 is 0 Å². The third-order valence-electron chi connectivity index (χ3n) is 2.77. The highest BCUT2D eigenvalue weighted by molar-refractivity contribution is 7.98. The largest absolute Gasteiger partial charge is 0.478 e. The van der Waals surface area contributed by atoms with Gasteiger partial charge in [-0.15, -0.1) is 11.8 Å². The Morgan fingerprint density at radius 3 is 2.70 bits per heavy atom. The van der Waals surface area contributed by atoms with Crippen LogP contribution in [0.5, 0.6) is 0 Å². The van der Waals surface area contributed by atoms with E-state index in [1.54, 1.807) is 6.07 Å². The van der Waals surface area contributed by atoms with E-state index in [1.807, 2.05) is 25.1 Å². The van der Waals surface area contributed by atoms with Crippen LogP contribution in [0.25, 0.3) is 0 Å². The van der Waals surface area contributed by atoms with Gasteiger partial charge in [-0.1, -0.05) is 23.7 Å². The molecule has 5 heteroatoms. The Hall–Kier alpha value is -1.52. The van der Waals surface area contributed by atoms with E-state index in [0.717, 1.165) is 11.1 Å². The number of carboxylic acids is 1. The Balaban J connectivity index is 2.15. The fourth-order valence-corrected chi connectivity index (χ4v) is 3.01. The van der Waals surface area contributed by atoms with Crippen LogP contribution in [0.15, 0.2) is 41.3 Å². The summed E-state index contributed by atoms with van der Waals surface area (Å²) in [6.07, 6.45) is 0. The van der Waals surface area contributed by atoms with Gasteiger partial charge in [-0.3, -0.25) is 0 Å². The van der Waals surface area contributed by atoms with Crippen molar-refractivity contribution in [2.24, 2.45) is 0 Å². The zero-order valence-electron chi connectivity index (χ0n) is 10.7. The highest BCUT2D eigenvalue weighted by Crippen LogP contribution is 2.28. The van der Waals surface area contributed by atoms with E-state index in [2.05, 4.69) is 0 Å². The third-order valence-corrected chi connectivity index (χ3v) is 4.17. The Morgan fingerprint density at radius 1 is 1.30 bits per heavy atom. The van der Waals surface area contributed by atoms with Crippen LogP contribution in [0.3, 0.4) is 0 Å². The zero-order chi connectivity index (χ0) is 14.7. The highest BCUT2D eigenvalue weighted by atomic mass is 35.5. The number of aromatic carboxylic acids is 1. The molecular weight excluding hydrogens is 299 g/mol. The predicted octanol–water partition coefficient (Wildman–Crippen LogP) is 4.78. The number of hydrogen-bond acceptors (Lipinski definition) is 2. The molecule has 0 aromatic heterocycles. The summed E-state index contributed by atoms with van der Waals surface area (Å²) >= 11 is 7.55. The minimum atomic E-state index is -1.27. The molecule has 0 fully saturated rings. The summed E-state index contributed by atoms with van der Waals surface area (Å²) in [6.45, 7) is 1.96. The molecule has 0 bridgehead atoms. The van der Waals surface area contributed by atoms with Gasteiger partial charge in [0.25, 0.3) is 0 Å². The van der Waals surface area contributed by atoms with E-state index in [1.165, 1.54) is 23.9 Å². The van der Waals surface area contributed by atoms with E-state index in [4.69, 9.17) is 16.7 Å². The lowest BCUT2D eigenvalue weighted by Crippen LogP contribution is -2.00. The van der Waals surface area contributed by atoms with Crippen molar-refractivity contribution in [3.8, 4) is 0 Å². The van der Waals surface area contributed by atoms with Crippen molar-refractivity contribution in [2.45, 2.75) is 17.6 Å². The second-order valence-corrected chi connectivity index (χ2v) is 5.79. The van der Waals surface area contributed by atoms with Gasteiger partial charge in [-0.05, 0) is 42.3 Å². The number of thioether (sulfide) groups is 1. The van der Waals surface area contributed by atoms with Crippen LogP contribution in [0.4, 0.5) is 4.39 Å². The molecule has 0 saturated heterocycles. The predicted molar refractivity (Wildman–Crippen MR) is 79.1 cm³/mol. The molecule has 2 aromatic carbocycles. The van der Waals surface area contributed by atoms with Gasteiger partial charge in [0.15, 0.2) is 0 Å². The lowest BCUT2D eigenvalue weighted by molar-refractivity contribution is 0.0691. The van der Waals surface area contributed by atoms with E-state index < -0.39 is 11.8 Å². The molecule has 0 radical (unpaired) electrons. The van der Waals surface area contributed by atoms with Crippen molar-refractivity contribution in [1.82, 2.24) is 0 Å². The normalized spacial score (nSPS) is 10.6. The first-order valence-corrected chi connectivity index (χ1v) is 7.24. The summed E-state index contributed by atoms with van der Waals surface area (Å²) in [4.78, 5) is 11.6. The Kier molecular flexibility index (Phi) is 4.68. The fraction of sp³-hybridized carbons (Fsp3) is 0.133. The van der Waals surface area contributed by atoms with E-state index in [0.29, 0.717) is 15.7 Å². The van der Waals surface area contributed by atoms with Gasteiger partial charge in [-0.2, -0.15) is 0 Å². The first kappa shape index (κ1) is 14.9. The first-order valence-electron chi connectivity index (χ1n) is 5.88. The maximum Gasteiger partial charge on any atom is 0.338 e. The number of carbonyl (C=O) groups is 1. The molecule has 0 amide bonds. The molecule has 0 aliphatic carbocycles. The van der Waals surface area contributed by atoms with Gasteiger partial charge in [0, 0.05) is 15.7 Å². The average Bonchev–Trinajstić information content (AvgIpc) is 2.39. The van der Waals surface area contributed by atoms with E-state index in [9.17, 15) is 9.18 Å². The second kappa shape index (κ2) is 6.29. The van der Waals surface area contributed by atoms with Crippen LogP contribution in [-0.4, -0.2) is 11.1 Å². The summed E-state index contributed by atoms with van der Waals surface area (Å²) in [5.41, 5.74) is 1.73. The minimum Gasteiger partial charge on any atom is -0.478 e. The van der Waals surface area contributed by atoms with Crippen molar-refractivity contribution < 1.29 is 14.3 Å².